The molecule has 0 atom stereocenters. The van der Waals surface area contributed by atoms with E-state index in [1.54, 1.807) is 6.92 Å². The number of unbranched alkanes of at least 4 members (excludes halogenated alkanes) is 3. The van der Waals surface area contributed by atoms with Crippen LogP contribution >= 0.6 is 0 Å². The van der Waals surface area contributed by atoms with E-state index in [0.29, 0.717) is 13.1 Å². The van der Waals surface area contributed by atoms with E-state index in [1.807, 2.05) is 6.92 Å². The zero-order chi connectivity index (χ0) is 21.3. The number of rotatable bonds is 12. The molecule has 1 aromatic heterocycles. The van der Waals surface area contributed by atoms with Crippen molar-refractivity contribution < 1.29 is 4.79 Å². The van der Waals surface area contributed by atoms with Gasteiger partial charge in [-0.05, 0) is 40.2 Å². The van der Waals surface area contributed by atoms with Gasteiger partial charge in [0.1, 0.15) is 5.82 Å². The molecule has 0 saturated carbocycles. The molecule has 0 radical (unpaired) electrons. The molecule has 0 aliphatic carbocycles. The van der Waals surface area contributed by atoms with E-state index < -0.39 is 11.2 Å². The van der Waals surface area contributed by atoms with Crippen LogP contribution in [0, 0.1) is 0 Å². The van der Waals surface area contributed by atoms with E-state index >= 15 is 0 Å². The van der Waals surface area contributed by atoms with Crippen LogP contribution in [-0.4, -0.2) is 46.0 Å². The number of likely N-dealkylation sites (N-methyl/N-ethyl adjacent to an activating group) is 1. The number of nitrogens with two attached hydrogens (primary N) is 1. The molecule has 0 saturated heterocycles. The number of nitrogens with one attached hydrogen (secondary N) is 1. The summed E-state index contributed by atoms with van der Waals surface area (Å²) in [6, 6.07) is 0.216. The topological polar surface area (TPSA) is 104 Å². The average molecular weight is 396 g/mol. The van der Waals surface area contributed by atoms with Crippen molar-refractivity contribution in [1.29, 1.82) is 0 Å². The van der Waals surface area contributed by atoms with Crippen molar-refractivity contribution in [2.24, 2.45) is 0 Å². The van der Waals surface area contributed by atoms with Gasteiger partial charge in [-0.25, -0.2) is 4.79 Å². The van der Waals surface area contributed by atoms with Crippen molar-refractivity contribution >= 4 is 17.4 Å². The van der Waals surface area contributed by atoms with Gasteiger partial charge in [0, 0.05) is 19.1 Å². The van der Waals surface area contributed by atoms with E-state index in [1.165, 1.54) is 9.47 Å². The van der Waals surface area contributed by atoms with Gasteiger partial charge >= 0.3 is 5.69 Å². The average Bonchev–Trinajstić information content (AvgIpc) is 2.63. The van der Waals surface area contributed by atoms with E-state index in [-0.39, 0.29) is 30.0 Å². The molecule has 8 nitrogen and oxygen atoms in total. The number of H-pyrrole nitrogens is 1. The summed E-state index contributed by atoms with van der Waals surface area (Å²) in [4.78, 5) is 43.4. The fourth-order valence-corrected chi connectivity index (χ4v) is 3.18. The highest BCUT2D eigenvalue weighted by atomic mass is 16.2. The predicted octanol–water partition coefficient (Wildman–Crippen LogP) is 2.17. The minimum absolute atomic E-state index is 0.0551. The molecular weight excluding hydrogens is 358 g/mol. The SMILES string of the molecule is CCCCCN(CC(=O)N(CC)c1c(N)n(CCCC)c(=O)[nH]c1=O)C(C)C. The molecule has 1 rings (SSSR count). The maximum Gasteiger partial charge on any atom is 0.330 e. The summed E-state index contributed by atoms with van der Waals surface area (Å²) in [6.07, 6.45) is 4.90. The Hall–Kier alpha value is -2.09. The minimum atomic E-state index is -0.618. The molecule has 0 fully saturated rings. The summed E-state index contributed by atoms with van der Waals surface area (Å²) in [6.45, 7) is 11.8. The van der Waals surface area contributed by atoms with Crippen LogP contribution in [0.25, 0.3) is 0 Å². The van der Waals surface area contributed by atoms with Crippen LogP contribution in [0.15, 0.2) is 9.59 Å². The molecule has 0 bridgehead atoms. The first-order chi connectivity index (χ1) is 13.3. The van der Waals surface area contributed by atoms with Gasteiger partial charge in [0.25, 0.3) is 5.56 Å². The van der Waals surface area contributed by atoms with Crippen molar-refractivity contribution in [2.75, 3.05) is 30.3 Å². The number of hydrogen-bond acceptors (Lipinski definition) is 5. The Morgan fingerprint density at radius 3 is 2.29 bits per heavy atom. The quantitative estimate of drug-likeness (QED) is 0.528. The minimum Gasteiger partial charge on any atom is -0.383 e. The maximum absolute atomic E-state index is 13.0. The first kappa shape index (κ1) is 23.9. The Morgan fingerprint density at radius 2 is 1.75 bits per heavy atom. The van der Waals surface area contributed by atoms with E-state index in [0.717, 1.165) is 38.6 Å². The Balaban J connectivity index is 3.16. The van der Waals surface area contributed by atoms with Gasteiger partial charge in [-0.3, -0.25) is 24.0 Å². The molecule has 1 aromatic rings. The zero-order valence-corrected chi connectivity index (χ0v) is 18.1. The molecule has 0 aromatic carbocycles. The number of carbonyl (C=O) groups is 1. The van der Waals surface area contributed by atoms with Crippen LogP contribution < -0.4 is 21.9 Å². The Kier molecular flexibility index (Phi) is 9.99. The highest BCUT2D eigenvalue weighted by Crippen LogP contribution is 2.18. The first-order valence-corrected chi connectivity index (χ1v) is 10.4. The number of aromatic amines is 1. The van der Waals surface area contributed by atoms with E-state index in [9.17, 15) is 14.4 Å². The first-order valence-electron chi connectivity index (χ1n) is 10.4. The summed E-state index contributed by atoms with van der Waals surface area (Å²) in [7, 11) is 0. The second-order valence-electron chi connectivity index (χ2n) is 7.41. The standard InChI is InChI=1S/C20H37N5O3/c1-6-9-11-12-23(15(4)5)14-16(26)24(8-3)17-18(21)25(13-10-7-2)20(28)22-19(17)27/h15H,6-14,21H2,1-5H3,(H,22,27,28). The summed E-state index contributed by atoms with van der Waals surface area (Å²) < 4.78 is 1.34. The van der Waals surface area contributed by atoms with E-state index in [2.05, 4.69) is 30.7 Å². The van der Waals surface area contributed by atoms with Gasteiger partial charge in [0.05, 0.1) is 6.54 Å². The summed E-state index contributed by atoms with van der Waals surface area (Å²) >= 11 is 0. The molecule has 160 valence electrons. The van der Waals surface area contributed by atoms with Gasteiger partial charge < -0.3 is 10.6 Å². The second kappa shape index (κ2) is 11.7. The third kappa shape index (κ3) is 6.22. The van der Waals surface area contributed by atoms with Crippen molar-refractivity contribution in [3.8, 4) is 0 Å². The number of nitrogen functional groups attached to an aromatic ring is 1. The smallest absolute Gasteiger partial charge is 0.330 e. The lowest BCUT2D eigenvalue weighted by Crippen LogP contribution is -2.46. The Morgan fingerprint density at radius 1 is 1.11 bits per heavy atom. The number of nitrogens with zero attached hydrogens (tertiary/aromatic N) is 3. The zero-order valence-electron chi connectivity index (χ0n) is 18.1. The normalized spacial score (nSPS) is 11.4. The molecule has 0 aliphatic rings. The third-order valence-corrected chi connectivity index (χ3v) is 4.95. The fourth-order valence-electron chi connectivity index (χ4n) is 3.18. The van der Waals surface area contributed by atoms with Gasteiger partial charge in [-0.1, -0.05) is 33.1 Å². The fraction of sp³-hybridized carbons (Fsp3) is 0.750. The number of carbonyl (C=O) groups excluding carboxylic acids is 1. The number of anilines is 2. The molecule has 1 amide bonds. The van der Waals surface area contributed by atoms with Crippen molar-refractivity contribution in [2.45, 2.75) is 79.3 Å². The predicted molar refractivity (Wildman–Crippen MR) is 115 cm³/mol. The second-order valence-corrected chi connectivity index (χ2v) is 7.41. The van der Waals surface area contributed by atoms with Crippen molar-refractivity contribution in [1.82, 2.24) is 14.5 Å². The number of aromatic nitrogens is 2. The van der Waals surface area contributed by atoms with E-state index in [4.69, 9.17) is 5.73 Å². The van der Waals surface area contributed by atoms with Crippen molar-refractivity contribution in [3.05, 3.63) is 20.8 Å². The van der Waals surface area contributed by atoms with Crippen LogP contribution in [0.5, 0.6) is 0 Å². The highest BCUT2D eigenvalue weighted by molar-refractivity contribution is 5.96. The Bertz CT molecular complexity index is 738. The lowest BCUT2D eigenvalue weighted by atomic mass is 10.2. The molecule has 0 spiro atoms. The maximum atomic E-state index is 13.0. The molecule has 28 heavy (non-hydrogen) atoms. The molecule has 3 N–H and O–H groups in total. The molecule has 1 heterocycles. The van der Waals surface area contributed by atoms with Crippen LogP contribution in [0.1, 0.15) is 66.7 Å². The monoisotopic (exact) mass is 395 g/mol. The molecule has 0 unspecified atom stereocenters. The summed E-state index contributed by atoms with van der Waals surface area (Å²) in [5.41, 5.74) is 5.08. The van der Waals surface area contributed by atoms with Crippen LogP contribution in [0.3, 0.4) is 0 Å². The lowest BCUT2D eigenvalue weighted by molar-refractivity contribution is -0.120. The molecule has 0 aliphatic heterocycles. The third-order valence-electron chi connectivity index (χ3n) is 4.95. The van der Waals surface area contributed by atoms with Crippen LogP contribution in [0.4, 0.5) is 11.5 Å². The van der Waals surface area contributed by atoms with Crippen LogP contribution in [-0.2, 0) is 11.3 Å². The largest absolute Gasteiger partial charge is 0.383 e. The Labute approximate surface area is 167 Å². The number of amides is 1. The lowest BCUT2D eigenvalue weighted by Gasteiger charge is -2.29. The number of hydrogen-bond donors (Lipinski definition) is 2. The highest BCUT2D eigenvalue weighted by Gasteiger charge is 2.25. The summed E-state index contributed by atoms with van der Waals surface area (Å²) in [5.74, 6) is -0.134. The molecule has 8 heteroatoms. The van der Waals surface area contributed by atoms with Gasteiger partial charge in [-0.15, -0.1) is 0 Å². The molecular formula is C20H37N5O3. The van der Waals surface area contributed by atoms with Crippen molar-refractivity contribution in [3.63, 3.8) is 0 Å². The van der Waals surface area contributed by atoms with Gasteiger partial charge in [-0.2, -0.15) is 0 Å². The van der Waals surface area contributed by atoms with Gasteiger partial charge in [0.2, 0.25) is 5.91 Å². The van der Waals surface area contributed by atoms with Crippen LogP contribution in [0.2, 0.25) is 0 Å². The summed E-state index contributed by atoms with van der Waals surface area (Å²) in [5, 5.41) is 0. The van der Waals surface area contributed by atoms with Gasteiger partial charge in [0.15, 0.2) is 5.69 Å².